The molecule has 0 bridgehead atoms. The van der Waals surface area contributed by atoms with Gasteiger partial charge in [-0.2, -0.15) is 0 Å². The van der Waals surface area contributed by atoms with Gasteiger partial charge in [0.05, 0.1) is 4.90 Å². The van der Waals surface area contributed by atoms with Crippen molar-refractivity contribution in [2.24, 2.45) is 5.73 Å². The highest BCUT2D eigenvalue weighted by Gasteiger charge is 2.19. The number of hydrogen-bond acceptors (Lipinski definition) is 3. The maximum absolute atomic E-state index is 12.1. The minimum atomic E-state index is -3.49. The molecule has 0 heterocycles. The van der Waals surface area contributed by atoms with E-state index in [1.807, 2.05) is 6.92 Å². The number of benzene rings is 1. The van der Waals surface area contributed by atoms with Gasteiger partial charge in [-0.25, -0.2) is 13.1 Å². The summed E-state index contributed by atoms with van der Waals surface area (Å²) in [5, 5.41) is 0. The first-order chi connectivity index (χ1) is 7.77. The van der Waals surface area contributed by atoms with Gasteiger partial charge in [0.1, 0.15) is 0 Å². The standard InChI is InChI=1S/C11H17BrN2O2S/c1-7-5-11(8(2)4-10(7)12)17(15,16)14-9(3)6-13/h4-5,9,14H,6,13H2,1-3H3/t9-/m0/s1. The van der Waals surface area contributed by atoms with Crippen molar-refractivity contribution in [1.29, 1.82) is 0 Å². The van der Waals surface area contributed by atoms with Crippen LogP contribution in [0.3, 0.4) is 0 Å². The second-order valence-corrected chi connectivity index (χ2v) is 6.66. The Balaban J connectivity index is 3.20. The lowest BCUT2D eigenvalue weighted by Gasteiger charge is -2.14. The van der Waals surface area contributed by atoms with E-state index in [1.165, 1.54) is 0 Å². The van der Waals surface area contributed by atoms with E-state index in [1.54, 1.807) is 26.0 Å². The Morgan fingerprint density at radius 3 is 2.47 bits per heavy atom. The Bertz CT molecular complexity index is 514. The summed E-state index contributed by atoms with van der Waals surface area (Å²) in [5.41, 5.74) is 7.01. The molecule has 0 fully saturated rings. The fourth-order valence-electron chi connectivity index (χ4n) is 1.42. The van der Waals surface area contributed by atoms with Crippen molar-refractivity contribution in [2.75, 3.05) is 6.54 Å². The summed E-state index contributed by atoms with van der Waals surface area (Å²) in [6.07, 6.45) is 0. The monoisotopic (exact) mass is 320 g/mol. The summed E-state index contributed by atoms with van der Waals surface area (Å²) < 4.78 is 27.7. The van der Waals surface area contributed by atoms with Crippen LogP contribution < -0.4 is 10.5 Å². The zero-order chi connectivity index (χ0) is 13.2. The Morgan fingerprint density at radius 1 is 1.35 bits per heavy atom. The third-order valence-corrected chi connectivity index (χ3v) is 5.04. The van der Waals surface area contributed by atoms with Crippen LogP contribution in [0.5, 0.6) is 0 Å². The number of hydrogen-bond donors (Lipinski definition) is 2. The average Bonchev–Trinajstić information content (AvgIpc) is 2.22. The van der Waals surface area contributed by atoms with Gasteiger partial charge in [-0.3, -0.25) is 0 Å². The third kappa shape index (κ3) is 3.51. The Kier molecular flexibility index (Phi) is 4.71. The summed E-state index contributed by atoms with van der Waals surface area (Å²) in [5.74, 6) is 0. The van der Waals surface area contributed by atoms with Crippen LogP contribution in [0.4, 0.5) is 0 Å². The van der Waals surface area contributed by atoms with E-state index in [2.05, 4.69) is 20.7 Å². The van der Waals surface area contributed by atoms with Crippen molar-refractivity contribution in [3.8, 4) is 0 Å². The molecule has 1 rings (SSSR count). The normalized spacial score (nSPS) is 13.7. The molecule has 0 aliphatic carbocycles. The van der Waals surface area contributed by atoms with Gasteiger partial charge in [0.25, 0.3) is 0 Å². The van der Waals surface area contributed by atoms with Crippen molar-refractivity contribution < 1.29 is 8.42 Å². The number of halogens is 1. The van der Waals surface area contributed by atoms with E-state index in [0.717, 1.165) is 10.0 Å². The molecule has 0 aliphatic rings. The lowest BCUT2D eigenvalue weighted by molar-refractivity contribution is 0.562. The molecule has 0 amide bonds. The molecule has 96 valence electrons. The van der Waals surface area contributed by atoms with Crippen LogP contribution in [0.1, 0.15) is 18.1 Å². The Labute approximate surface area is 111 Å². The van der Waals surface area contributed by atoms with Crippen LogP contribution in [0.2, 0.25) is 0 Å². The first-order valence-corrected chi connectivity index (χ1v) is 7.54. The lowest BCUT2D eigenvalue weighted by Crippen LogP contribution is -2.38. The highest BCUT2D eigenvalue weighted by molar-refractivity contribution is 9.10. The SMILES string of the molecule is Cc1cc(S(=O)(=O)N[C@@H](C)CN)c(C)cc1Br. The van der Waals surface area contributed by atoms with E-state index in [4.69, 9.17) is 5.73 Å². The zero-order valence-electron chi connectivity index (χ0n) is 10.1. The molecular formula is C11H17BrN2O2S. The summed E-state index contributed by atoms with van der Waals surface area (Å²) in [6, 6.07) is 3.19. The van der Waals surface area contributed by atoms with Gasteiger partial charge in [-0.1, -0.05) is 15.9 Å². The van der Waals surface area contributed by atoms with E-state index < -0.39 is 10.0 Å². The zero-order valence-corrected chi connectivity index (χ0v) is 12.5. The molecule has 0 aromatic heterocycles. The third-order valence-electron chi connectivity index (χ3n) is 2.46. The van der Waals surface area contributed by atoms with Crippen molar-refractivity contribution in [1.82, 2.24) is 4.72 Å². The van der Waals surface area contributed by atoms with Gasteiger partial charge >= 0.3 is 0 Å². The topological polar surface area (TPSA) is 72.2 Å². The van der Waals surface area contributed by atoms with E-state index >= 15 is 0 Å². The molecular weight excluding hydrogens is 304 g/mol. The van der Waals surface area contributed by atoms with E-state index in [0.29, 0.717) is 10.5 Å². The van der Waals surface area contributed by atoms with Gasteiger partial charge < -0.3 is 5.73 Å². The second-order valence-electron chi connectivity index (χ2n) is 4.12. The Morgan fingerprint density at radius 2 is 1.94 bits per heavy atom. The molecule has 0 radical (unpaired) electrons. The minimum Gasteiger partial charge on any atom is -0.329 e. The molecule has 0 spiro atoms. The molecule has 6 heteroatoms. The first-order valence-electron chi connectivity index (χ1n) is 5.27. The number of nitrogens with one attached hydrogen (secondary N) is 1. The molecule has 0 saturated heterocycles. The van der Waals surface area contributed by atoms with Crippen LogP contribution in [0, 0.1) is 13.8 Å². The van der Waals surface area contributed by atoms with Crippen molar-refractivity contribution in [2.45, 2.75) is 31.7 Å². The summed E-state index contributed by atoms with van der Waals surface area (Å²) >= 11 is 3.38. The summed E-state index contributed by atoms with van der Waals surface area (Å²) in [4.78, 5) is 0.304. The minimum absolute atomic E-state index is 0.272. The maximum Gasteiger partial charge on any atom is 0.241 e. The molecule has 0 aliphatic heterocycles. The summed E-state index contributed by atoms with van der Waals surface area (Å²) in [7, 11) is -3.49. The predicted molar refractivity (Wildman–Crippen MR) is 72.5 cm³/mol. The lowest BCUT2D eigenvalue weighted by atomic mass is 10.2. The van der Waals surface area contributed by atoms with Crippen molar-refractivity contribution in [3.63, 3.8) is 0 Å². The highest BCUT2D eigenvalue weighted by atomic mass is 79.9. The summed E-state index contributed by atoms with van der Waals surface area (Å²) in [6.45, 7) is 5.63. The second kappa shape index (κ2) is 5.48. The van der Waals surface area contributed by atoms with Gasteiger partial charge in [-0.15, -0.1) is 0 Å². The van der Waals surface area contributed by atoms with E-state index in [9.17, 15) is 8.42 Å². The first kappa shape index (κ1) is 14.6. The highest BCUT2D eigenvalue weighted by Crippen LogP contribution is 2.24. The molecule has 4 nitrogen and oxygen atoms in total. The van der Waals surface area contributed by atoms with Gasteiger partial charge in [-0.05, 0) is 44.0 Å². The van der Waals surface area contributed by atoms with E-state index in [-0.39, 0.29) is 12.6 Å². The maximum atomic E-state index is 12.1. The van der Waals surface area contributed by atoms with Gasteiger partial charge in [0.15, 0.2) is 0 Å². The number of nitrogens with two attached hydrogens (primary N) is 1. The largest absolute Gasteiger partial charge is 0.329 e. The van der Waals surface area contributed by atoms with Crippen LogP contribution in [0.25, 0.3) is 0 Å². The molecule has 1 aromatic carbocycles. The van der Waals surface area contributed by atoms with Crippen molar-refractivity contribution >= 4 is 26.0 Å². The van der Waals surface area contributed by atoms with Crippen LogP contribution in [-0.2, 0) is 10.0 Å². The molecule has 1 atom stereocenters. The number of sulfonamides is 1. The predicted octanol–water partition coefficient (Wildman–Crippen LogP) is 1.69. The van der Waals surface area contributed by atoms with Crippen LogP contribution in [0.15, 0.2) is 21.5 Å². The van der Waals surface area contributed by atoms with Crippen LogP contribution in [-0.4, -0.2) is 21.0 Å². The fourth-order valence-corrected chi connectivity index (χ4v) is 3.45. The molecule has 17 heavy (non-hydrogen) atoms. The number of rotatable bonds is 4. The van der Waals surface area contributed by atoms with Gasteiger partial charge in [0, 0.05) is 17.1 Å². The molecule has 3 N–H and O–H groups in total. The van der Waals surface area contributed by atoms with Crippen molar-refractivity contribution in [3.05, 3.63) is 27.7 Å². The Hall–Kier alpha value is -0.430. The molecule has 0 unspecified atom stereocenters. The molecule has 0 saturated carbocycles. The van der Waals surface area contributed by atoms with Gasteiger partial charge in [0.2, 0.25) is 10.0 Å². The number of aryl methyl sites for hydroxylation is 2. The average molecular weight is 321 g/mol. The quantitative estimate of drug-likeness (QED) is 0.886. The molecule has 1 aromatic rings. The smallest absolute Gasteiger partial charge is 0.241 e. The van der Waals surface area contributed by atoms with Crippen LogP contribution >= 0.6 is 15.9 Å². The fraction of sp³-hybridized carbons (Fsp3) is 0.455.